The Labute approximate surface area is 87.3 Å². The first-order chi connectivity index (χ1) is 6.99. The molecule has 6 heteroatoms. The summed E-state index contributed by atoms with van der Waals surface area (Å²) in [5, 5.41) is -0.366. The SMILES string of the molecule is Nc1ccc(NS(=O)(=O)C2CC2)c(F)c1. The van der Waals surface area contributed by atoms with E-state index in [1.165, 1.54) is 12.1 Å². The Morgan fingerprint density at radius 3 is 2.60 bits per heavy atom. The van der Waals surface area contributed by atoms with Crippen molar-refractivity contribution in [1.29, 1.82) is 0 Å². The lowest BCUT2D eigenvalue weighted by Crippen LogP contribution is -2.18. The summed E-state index contributed by atoms with van der Waals surface area (Å²) in [6.07, 6.45) is 1.29. The van der Waals surface area contributed by atoms with Crippen molar-refractivity contribution in [3.63, 3.8) is 0 Å². The van der Waals surface area contributed by atoms with Gasteiger partial charge in [-0.05, 0) is 31.0 Å². The topological polar surface area (TPSA) is 72.2 Å². The summed E-state index contributed by atoms with van der Waals surface area (Å²) in [4.78, 5) is 0. The van der Waals surface area contributed by atoms with Gasteiger partial charge >= 0.3 is 0 Å². The highest BCUT2D eigenvalue weighted by atomic mass is 32.2. The highest BCUT2D eigenvalue weighted by Gasteiger charge is 2.36. The fraction of sp³-hybridized carbons (Fsp3) is 0.333. The van der Waals surface area contributed by atoms with Crippen LogP contribution < -0.4 is 10.5 Å². The van der Waals surface area contributed by atoms with E-state index in [2.05, 4.69) is 4.72 Å². The smallest absolute Gasteiger partial charge is 0.235 e. The van der Waals surface area contributed by atoms with E-state index in [1.54, 1.807) is 0 Å². The van der Waals surface area contributed by atoms with Gasteiger partial charge < -0.3 is 5.73 Å². The third-order valence-electron chi connectivity index (χ3n) is 2.21. The van der Waals surface area contributed by atoms with E-state index in [0.717, 1.165) is 6.07 Å². The predicted octanol–water partition coefficient (Wildman–Crippen LogP) is 1.31. The quantitative estimate of drug-likeness (QED) is 0.769. The molecule has 4 nitrogen and oxygen atoms in total. The summed E-state index contributed by atoms with van der Waals surface area (Å²) >= 11 is 0. The number of nitrogens with two attached hydrogens (primary N) is 1. The van der Waals surface area contributed by atoms with E-state index in [-0.39, 0.29) is 16.6 Å². The molecule has 0 aliphatic heterocycles. The number of hydrogen-bond donors (Lipinski definition) is 2. The first kappa shape index (κ1) is 10.2. The van der Waals surface area contributed by atoms with Crippen molar-refractivity contribution in [2.45, 2.75) is 18.1 Å². The molecular formula is C9H11FN2O2S. The number of hydrogen-bond acceptors (Lipinski definition) is 3. The Kier molecular flexibility index (Phi) is 2.30. The maximum absolute atomic E-state index is 13.3. The second-order valence-electron chi connectivity index (χ2n) is 3.59. The van der Waals surface area contributed by atoms with Gasteiger partial charge in [-0.1, -0.05) is 0 Å². The molecule has 82 valence electrons. The fourth-order valence-electron chi connectivity index (χ4n) is 1.23. The van der Waals surface area contributed by atoms with Gasteiger partial charge in [0.1, 0.15) is 5.82 Å². The largest absolute Gasteiger partial charge is 0.399 e. The molecule has 1 saturated carbocycles. The van der Waals surface area contributed by atoms with E-state index < -0.39 is 15.8 Å². The predicted molar refractivity (Wildman–Crippen MR) is 56.4 cm³/mol. The van der Waals surface area contributed by atoms with E-state index in [9.17, 15) is 12.8 Å². The highest BCUT2D eigenvalue weighted by Crippen LogP contribution is 2.30. The average Bonchev–Trinajstić information content (AvgIpc) is 2.92. The number of benzene rings is 1. The van der Waals surface area contributed by atoms with Gasteiger partial charge in [-0.15, -0.1) is 0 Å². The van der Waals surface area contributed by atoms with Crippen LogP contribution in [0.25, 0.3) is 0 Å². The van der Waals surface area contributed by atoms with Gasteiger partial charge in [0.15, 0.2) is 0 Å². The van der Waals surface area contributed by atoms with Crippen molar-refractivity contribution in [3.05, 3.63) is 24.0 Å². The van der Waals surface area contributed by atoms with Crippen molar-refractivity contribution in [1.82, 2.24) is 0 Å². The summed E-state index contributed by atoms with van der Waals surface area (Å²) in [7, 11) is -3.41. The molecule has 15 heavy (non-hydrogen) atoms. The third kappa shape index (κ3) is 2.20. The molecule has 3 N–H and O–H groups in total. The first-order valence-corrected chi connectivity index (χ1v) is 6.10. The maximum atomic E-state index is 13.3. The zero-order chi connectivity index (χ0) is 11.1. The van der Waals surface area contributed by atoms with Crippen LogP contribution in [-0.4, -0.2) is 13.7 Å². The standard InChI is InChI=1S/C9H11FN2O2S/c10-8-5-6(11)1-4-9(8)12-15(13,14)7-2-3-7/h1,4-5,7,12H,2-3,11H2. The summed E-state index contributed by atoms with van der Waals surface area (Å²) in [6.45, 7) is 0. The van der Waals surface area contributed by atoms with E-state index in [1.807, 2.05) is 0 Å². The van der Waals surface area contributed by atoms with Crippen LogP contribution in [0.2, 0.25) is 0 Å². The Morgan fingerprint density at radius 2 is 2.07 bits per heavy atom. The number of anilines is 2. The Balaban J connectivity index is 2.24. The second-order valence-corrected chi connectivity index (χ2v) is 5.55. The lowest BCUT2D eigenvalue weighted by atomic mass is 10.3. The molecule has 1 aromatic carbocycles. The summed E-state index contributed by atoms with van der Waals surface area (Å²) in [5.41, 5.74) is 5.57. The molecule has 1 aliphatic rings. The molecule has 0 aromatic heterocycles. The highest BCUT2D eigenvalue weighted by molar-refractivity contribution is 7.93. The number of sulfonamides is 1. The van der Waals surface area contributed by atoms with Crippen LogP contribution in [0.15, 0.2) is 18.2 Å². The number of nitrogen functional groups attached to an aromatic ring is 1. The molecule has 1 fully saturated rings. The molecule has 1 aliphatic carbocycles. The Bertz CT molecular complexity index is 483. The lowest BCUT2D eigenvalue weighted by molar-refractivity contribution is 0.597. The normalized spacial score (nSPS) is 16.3. The molecule has 0 spiro atoms. The summed E-state index contributed by atoms with van der Waals surface area (Å²) in [6, 6.07) is 3.86. The van der Waals surface area contributed by atoms with Gasteiger partial charge in [0.05, 0.1) is 10.9 Å². The van der Waals surface area contributed by atoms with Gasteiger partial charge in [0, 0.05) is 5.69 Å². The van der Waals surface area contributed by atoms with E-state index in [4.69, 9.17) is 5.73 Å². The molecule has 1 aromatic rings. The van der Waals surface area contributed by atoms with Crippen molar-refractivity contribution < 1.29 is 12.8 Å². The number of halogens is 1. The second kappa shape index (κ2) is 3.37. The molecule has 0 unspecified atom stereocenters. The summed E-state index contributed by atoms with van der Waals surface area (Å²) in [5.74, 6) is -0.653. The zero-order valence-corrected chi connectivity index (χ0v) is 8.72. The minimum Gasteiger partial charge on any atom is -0.399 e. The maximum Gasteiger partial charge on any atom is 0.235 e. The van der Waals surface area contributed by atoms with E-state index in [0.29, 0.717) is 12.8 Å². The van der Waals surface area contributed by atoms with Gasteiger partial charge in [0.2, 0.25) is 10.0 Å². The molecule has 0 atom stereocenters. The van der Waals surface area contributed by atoms with Crippen molar-refractivity contribution in [2.75, 3.05) is 10.5 Å². The third-order valence-corrected chi connectivity index (χ3v) is 4.06. The van der Waals surface area contributed by atoms with Crippen LogP contribution in [-0.2, 0) is 10.0 Å². The average molecular weight is 230 g/mol. The van der Waals surface area contributed by atoms with E-state index >= 15 is 0 Å². The van der Waals surface area contributed by atoms with Gasteiger partial charge in [0.25, 0.3) is 0 Å². The van der Waals surface area contributed by atoms with Crippen LogP contribution in [0, 0.1) is 5.82 Å². The minimum absolute atomic E-state index is 0.0453. The van der Waals surface area contributed by atoms with Crippen molar-refractivity contribution in [3.8, 4) is 0 Å². The summed E-state index contributed by atoms with van der Waals surface area (Å²) < 4.78 is 38.5. The fourth-order valence-corrected chi connectivity index (χ4v) is 2.62. The van der Waals surface area contributed by atoms with Crippen LogP contribution in [0.3, 0.4) is 0 Å². The van der Waals surface area contributed by atoms with Crippen LogP contribution in [0.4, 0.5) is 15.8 Å². The molecule has 0 saturated heterocycles. The van der Waals surface area contributed by atoms with Crippen LogP contribution in [0.1, 0.15) is 12.8 Å². The van der Waals surface area contributed by atoms with Crippen molar-refractivity contribution >= 4 is 21.4 Å². The van der Waals surface area contributed by atoms with Gasteiger partial charge in [-0.25, -0.2) is 12.8 Å². The minimum atomic E-state index is -3.41. The molecule has 0 amide bonds. The molecule has 2 rings (SSSR count). The number of rotatable bonds is 3. The monoisotopic (exact) mass is 230 g/mol. The molecule has 0 bridgehead atoms. The number of nitrogens with one attached hydrogen (secondary N) is 1. The zero-order valence-electron chi connectivity index (χ0n) is 7.90. The molecule has 0 heterocycles. The van der Waals surface area contributed by atoms with Gasteiger partial charge in [-0.3, -0.25) is 4.72 Å². The lowest BCUT2D eigenvalue weighted by Gasteiger charge is -2.07. The molecular weight excluding hydrogens is 219 g/mol. The van der Waals surface area contributed by atoms with Crippen LogP contribution >= 0.6 is 0 Å². The van der Waals surface area contributed by atoms with Gasteiger partial charge in [-0.2, -0.15) is 0 Å². The molecule has 0 radical (unpaired) electrons. The Hall–Kier alpha value is -1.30. The van der Waals surface area contributed by atoms with Crippen molar-refractivity contribution in [2.24, 2.45) is 0 Å². The Morgan fingerprint density at radius 1 is 1.40 bits per heavy atom. The van der Waals surface area contributed by atoms with Crippen LogP contribution in [0.5, 0.6) is 0 Å². The first-order valence-electron chi connectivity index (χ1n) is 4.56.